The van der Waals surface area contributed by atoms with Crippen molar-refractivity contribution in [2.24, 2.45) is 0 Å². The Morgan fingerprint density at radius 1 is 0.711 bits per heavy atom. The van der Waals surface area contributed by atoms with Crippen LogP contribution in [0.25, 0.3) is 38.5 Å². The van der Waals surface area contributed by atoms with Crippen LogP contribution in [0.15, 0.2) is 54.7 Å². The van der Waals surface area contributed by atoms with E-state index in [1.807, 2.05) is 45.2 Å². The van der Waals surface area contributed by atoms with Gasteiger partial charge in [-0.25, -0.2) is 9.97 Å². The van der Waals surface area contributed by atoms with Gasteiger partial charge in [-0.3, -0.25) is 4.57 Å². The number of aryl methyl sites for hydroxylation is 5. The predicted molar refractivity (Wildman–Crippen MR) is 155 cm³/mol. The van der Waals surface area contributed by atoms with Gasteiger partial charge in [0, 0.05) is 34.5 Å². The highest BCUT2D eigenvalue weighted by molar-refractivity contribution is 6.11. The average molecular weight is 502 g/mol. The van der Waals surface area contributed by atoms with Gasteiger partial charge in [-0.05, 0) is 118 Å². The van der Waals surface area contributed by atoms with Crippen LogP contribution in [-0.2, 0) is 0 Å². The second-order valence-electron chi connectivity index (χ2n) is 10.5. The van der Waals surface area contributed by atoms with Crippen molar-refractivity contribution in [1.82, 2.24) is 14.5 Å². The summed E-state index contributed by atoms with van der Waals surface area (Å²) in [4.78, 5) is 9.46. The molecule has 0 fully saturated rings. The number of aromatic hydroxyl groups is 1. The molecule has 0 atom stereocenters. The fraction of sp³-hybridized carbons (Fsp3) is 0.212. The molecule has 0 radical (unpaired) electrons. The van der Waals surface area contributed by atoms with Crippen molar-refractivity contribution in [2.45, 2.75) is 48.5 Å². The van der Waals surface area contributed by atoms with E-state index in [0.717, 1.165) is 55.4 Å². The molecule has 0 unspecified atom stereocenters. The molecule has 0 aliphatic heterocycles. The summed E-state index contributed by atoms with van der Waals surface area (Å²) < 4.78 is 8.56. The van der Waals surface area contributed by atoms with Gasteiger partial charge in [-0.2, -0.15) is 0 Å². The lowest BCUT2D eigenvalue weighted by Gasteiger charge is -2.15. The van der Waals surface area contributed by atoms with Gasteiger partial charge in [-0.15, -0.1) is 0 Å². The largest absolute Gasteiger partial charge is 0.505 e. The van der Waals surface area contributed by atoms with Crippen LogP contribution >= 0.6 is 0 Å². The molecule has 0 aliphatic carbocycles. The molecular formula is C33H31N3O2. The van der Waals surface area contributed by atoms with E-state index in [1.165, 1.54) is 16.5 Å². The summed E-state index contributed by atoms with van der Waals surface area (Å²) in [6, 6.07) is 16.7. The second-order valence-corrected chi connectivity index (χ2v) is 10.5. The Bertz CT molecular complexity index is 1930. The first-order valence-electron chi connectivity index (χ1n) is 12.9. The minimum atomic E-state index is 0.212. The zero-order chi connectivity index (χ0) is 26.9. The van der Waals surface area contributed by atoms with E-state index in [0.29, 0.717) is 17.1 Å². The third-order valence-corrected chi connectivity index (χ3v) is 7.80. The lowest BCUT2D eigenvalue weighted by molar-refractivity contribution is 0.458. The van der Waals surface area contributed by atoms with Gasteiger partial charge < -0.3 is 9.84 Å². The molecule has 6 aromatic rings. The maximum atomic E-state index is 10.9. The highest BCUT2D eigenvalue weighted by Gasteiger charge is 2.18. The van der Waals surface area contributed by atoms with E-state index in [9.17, 15) is 5.11 Å². The lowest BCUT2D eigenvalue weighted by Crippen LogP contribution is -1.99. The van der Waals surface area contributed by atoms with Crippen LogP contribution in [0.4, 0.5) is 0 Å². The van der Waals surface area contributed by atoms with Gasteiger partial charge in [0.2, 0.25) is 5.88 Å². The minimum Gasteiger partial charge on any atom is -0.505 e. The number of benzene rings is 3. The summed E-state index contributed by atoms with van der Waals surface area (Å²) in [6.07, 6.45) is 1.85. The topological polar surface area (TPSA) is 60.2 Å². The number of aromatic nitrogens is 3. The van der Waals surface area contributed by atoms with E-state index in [1.54, 1.807) is 0 Å². The van der Waals surface area contributed by atoms with Crippen molar-refractivity contribution >= 4 is 32.7 Å². The maximum Gasteiger partial charge on any atom is 0.220 e. The molecule has 6 rings (SSSR count). The number of phenols is 1. The number of hydrogen-bond acceptors (Lipinski definition) is 4. The van der Waals surface area contributed by atoms with E-state index in [4.69, 9.17) is 14.7 Å². The molecule has 5 heteroatoms. The molecule has 190 valence electrons. The van der Waals surface area contributed by atoms with Gasteiger partial charge in [0.25, 0.3) is 0 Å². The molecular weight excluding hydrogens is 470 g/mol. The highest BCUT2D eigenvalue weighted by Crippen LogP contribution is 2.39. The van der Waals surface area contributed by atoms with Gasteiger partial charge in [0.05, 0.1) is 11.0 Å². The standard InChI is InChI=1S/C33H31N3O2/c1-17-10-11-34-28(14-17)36-26-16-24(8-9-25(26)31-19(3)12-18(2)13-27(31)36)38-29-15-20(4)30-22(6)21(5)23(7)33(37)32(30)35-29/h8-16,37H,1-7H3. The van der Waals surface area contributed by atoms with Crippen molar-refractivity contribution in [3.63, 3.8) is 0 Å². The predicted octanol–water partition coefficient (Wildman–Crippen LogP) is 8.38. The molecule has 0 saturated heterocycles. The molecule has 5 nitrogen and oxygen atoms in total. The van der Waals surface area contributed by atoms with Crippen molar-refractivity contribution in [3.8, 4) is 23.2 Å². The fourth-order valence-electron chi connectivity index (χ4n) is 5.75. The van der Waals surface area contributed by atoms with Crippen LogP contribution < -0.4 is 4.74 Å². The molecule has 0 amide bonds. The average Bonchev–Trinajstić information content (AvgIpc) is 3.19. The van der Waals surface area contributed by atoms with E-state index in [2.05, 4.69) is 62.6 Å². The molecule has 38 heavy (non-hydrogen) atoms. The molecule has 0 saturated carbocycles. The van der Waals surface area contributed by atoms with Crippen LogP contribution in [0.5, 0.6) is 17.4 Å². The summed E-state index contributed by atoms with van der Waals surface area (Å²) in [5.41, 5.74) is 10.4. The van der Waals surface area contributed by atoms with E-state index in [-0.39, 0.29) is 5.75 Å². The van der Waals surface area contributed by atoms with Crippen molar-refractivity contribution in [1.29, 1.82) is 0 Å². The number of fused-ring (bicyclic) bond motifs is 4. The molecule has 0 aliphatic rings. The van der Waals surface area contributed by atoms with E-state index < -0.39 is 0 Å². The zero-order valence-electron chi connectivity index (χ0n) is 22.9. The number of pyridine rings is 2. The summed E-state index contributed by atoms with van der Waals surface area (Å²) >= 11 is 0. The van der Waals surface area contributed by atoms with Gasteiger partial charge in [0.1, 0.15) is 22.8 Å². The first-order valence-corrected chi connectivity index (χ1v) is 12.9. The summed E-state index contributed by atoms with van der Waals surface area (Å²) in [5.74, 6) is 2.22. The van der Waals surface area contributed by atoms with Crippen molar-refractivity contribution in [2.75, 3.05) is 0 Å². The first-order chi connectivity index (χ1) is 18.1. The summed E-state index contributed by atoms with van der Waals surface area (Å²) in [7, 11) is 0. The molecule has 3 heterocycles. The van der Waals surface area contributed by atoms with Crippen LogP contribution in [-0.4, -0.2) is 19.6 Å². The second kappa shape index (κ2) is 8.59. The summed E-state index contributed by atoms with van der Waals surface area (Å²) in [6.45, 7) is 14.4. The van der Waals surface area contributed by atoms with Crippen LogP contribution in [0.1, 0.15) is 38.9 Å². The quantitative estimate of drug-likeness (QED) is 0.265. The molecule has 3 aromatic heterocycles. The fourth-order valence-corrected chi connectivity index (χ4v) is 5.75. The van der Waals surface area contributed by atoms with Crippen molar-refractivity contribution in [3.05, 3.63) is 93.7 Å². The normalized spacial score (nSPS) is 11.7. The number of phenolic OH excluding ortho intramolecular Hbond substituents is 1. The molecule has 0 spiro atoms. The van der Waals surface area contributed by atoms with Crippen molar-refractivity contribution < 1.29 is 9.84 Å². The Labute approximate surface area is 222 Å². The number of rotatable bonds is 3. The lowest BCUT2D eigenvalue weighted by atomic mass is 9.95. The maximum absolute atomic E-state index is 10.9. The molecule has 1 N–H and O–H groups in total. The number of nitrogens with zero attached hydrogens (tertiary/aromatic N) is 3. The van der Waals surface area contributed by atoms with Crippen LogP contribution in [0.2, 0.25) is 0 Å². The smallest absolute Gasteiger partial charge is 0.220 e. The zero-order valence-corrected chi connectivity index (χ0v) is 22.9. The minimum absolute atomic E-state index is 0.212. The molecule has 3 aromatic carbocycles. The SMILES string of the molecule is Cc1ccnc(-n2c3cc(Oc4cc(C)c5c(C)c(C)c(C)c(O)c5n4)ccc3c3c(C)cc(C)cc32)c1. The Morgan fingerprint density at radius 2 is 1.47 bits per heavy atom. The third-order valence-electron chi connectivity index (χ3n) is 7.80. The monoisotopic (exact) mass is 501 g/mol. The Balaban J connectivity index is 1.56. The van der Waals surface area contributed by atoms with Crippen LogP contribution in [0.3, 0.4) is 0 Å². The Kier molecular flexibility index (Phi) is 5.42. The van der Waals surface area contributed by atoms with E-state index >= 15 is 0 Å². The Morgan fingerprint density at radius 3 is 2.24 bits per heavy atom. The van der Waals surface area contributed by atoms with Gasteiger partial charge in [0.15, 0.2) is 0 Å². The van der Waals surface area contributed by atoms with Gasteiger partial charge >= 0.3 is 0 Å². The number of hydrogen-bond donors (Lipinski definition) is 1. The third kappa shape index (κ3) is 3.61. The number of ether oxygens (including phenoxy) is 1. The highest BCUT2D eigenvalue weighted by atomic mass is 16.5. The first kappa shape index (κ1) is 24.0. The Hall–Kier alpha value is -4.38. The van der Waals surface area contributed by atoms with Gasteiger partial charge in [-0.1, -0.05) is 6.07 Å². The van der Waals surface area contributed by atoms with Crippen LogP contribution in [0, 0.1) is 48.5 Å². The molecule has 0 bridgehead atoms. The summed E-state index contributed by atoms with van der Waals surface area (Å²) in [5, 5.41) is 14.2.